The van der Waals surface area contributed by atoms with E-state index in [0.717, 1.165) is 33.9 Å². The topological polar surface area (TPSA) is 24.1 Å². The van der Waals surface area contributed by atoms with Gasteiger partial charge in [-0.15, -0.1) is 12.8 Å². The van der Waals surface area contributed by atoms with Crippen LogP contribution in [0.2, 0.25) is 0 Å². The summed E-state index contributed by atoms with van der Waals surface area (Å²) in [6.45, 7) is 0. The Morgan fingerprint density at radius 2 is 0.708 bits per heavy atom. The second kappa shape index (κ2) is 7.09. The van der Waals surface area contributed by atoms with Crippen molar-refractivity contribution in [2.45, 2.75) is 0 Å². The van der Waals surface area contributed by atoms with Crippen LogP contribution in [0.3, 0.4) is 0 Å². The van der Waals surface area contributed by atoms with Gasteiger partial charge in [0.1, 0.15) is 0 Å². The molecule has 3 aromatic rings. The van der Waals surface area contributed by atoms with E-state index in [2.05, 4.69) is 22.5 Å². The van der Waals surface area contributed by atoms with E-state index in [1.54, 1.807) is 0 Å². The molecule has 24 heavy (non-hydrogen) atoms. The smallest absolute Gasteiger partial charge is 0.0385 e. The van der Waals surface area contributed by atoms with E-state index in [1.807, 2.05) is 72.8 Å². The second-order valence-electron chi connectivity index (χ2n) is 5.27. The summed E-state index contributed by atoms with van der Waals surface area (Å²) in [6, 6.07) is 23.6. The van der Waals surface area contributed by atoms with Gasteiger partial charge in [0.05, 0.1) is 0 Å². The van der Waals surface area contributed by atoms with Crippen molar-refractivity contribution < 1.29 is 0 Å². The molecule has 3 rings (SSSR count). The van der Waals surface area contributed by atoms with Crippen molar-refractivity contribution in [3.05, 3.63) is 83.9 Å². The molecule has 0 aliphatic carbocycles. The van der Waals surface area contributed by atoms with Crippen LogP contribution in [0.5, 0.6) is 0 Å². The molecule has 0 saturated heterocycles. The Kier molecular flexibility index (Phi) is 4.52. The molecule has 0 spiro atoms. The van der Waals surface area contributed by atoms with Gasteiger partial charge in [-0.3, -0.25) is 0 Å². The van der Waals surface area contributed by atoms with Crippen LogP contribution < -0.4 is 10.6 Å². The number of hydrogen-bond donors (Lipinski definition) is 2. The van der Waals surface area contributed by atoms with Gasteiger partial charge < -0.3 is 10.6 Å². The summed E-state index contributed by atoms with van der Waals surface area (Å²) in [7, 11) is 0. The lowest BCUT2D eigenvalue weighted by molar-refractivity contribution is 1.51. The van der Waals surface area contributed by atoms with Crippen LogP contribution in [0.1, 0.15) is 11.1 Å². The van der Waals surface area contributed by atoms with Crippen LogP contribution in [-0.2, 0) is 0 Å². The maximum atomic E-state index is 5.36. The lowest BCUT2D eigenvalue weighted by atomic mass is 10.2. The molecular formula is C22H16N2. The minimum Gasteiger partial charge on any atom is -0.356 e. The van der Waals surface area contributed by atoms with E-state index in [4.69, 9.17) is 12.8 Å². The summed E-state index contributed by atoms with van der Waals surface area (Å²) in [5, 5.41) is 6.69. The van der Waals surface area contributed by atoms with Gasteiger partial charge in [0.25, 0.3) is 0 Å². The highest BCUT2D eigenvalue weighted by molar-refractivity contribution is 5.66. The van der Waals surface area contributed by atoms with Gasteiger partial charge in [-0.2, -0.15) is 0 Å². The van der Waals surface area contributed by atoms with Crippen molar-refractivity contribution >= 4 is 22.7 Å². The van der Waals surface area contributed by atoms with Gasteiger partial charge in [0.15, 0.2) is 0 Å². The fraction of sp³-hybridized carbons (Fsp3) is 0. The molecular weight excluding hydrogens is 292 g/mol. The normalized spacial score (nSPS) is 9.58. The first-order valence-electron chi connectivity index (χ1n) is 7.54. The van der Waals surface area contributed by atoms with Crippen LogP contribution in [-0.4, -0.2) is 0 Å². The zero-order chi connectivity index (χ0) is 16.8. The van der Waals surface area contributed by atoms with Crippen LogP contribution in [0.25, 0.3) is 0 Å². The van der Waals surface area contributed by atoms with E-state index in [-0.39, 0.29) is 0 Å². The standard InChI is InChI=1S/C22H16N2/c1-3-17-5-9-19(10-6-17)23-21-13-15-22(16-14-21)24-20-11-7-18(4-2)8-12-20/h1-2,5-16,23-24H. The first-order chi connectivity index (χ1) is 11.8. The van der Waals surface area contributed by atoms with Crippen molar-refractivity contribution in [3.63, 3.8) is 0 Å². The van der Waals surface area contributed by atoms with Gasteiger partial charge in [0, 0.05) is 33.9 Å². The summed E-state index contributed by atoms with van der Waals surface area (Å²) >= 11 is 0. The number of anilines is 4. The Morgan fingerprint density at radius 3 is 0.958 bits per heavy atom. The van der Waals surface area contributed by atoms with E-state index in [9.17, 15) is 0 Å². The highest BCUT2D eigenvalue weighted by atomic mass is 14.9. The summed E-state index contributed by atoms with van der Waals surface area (Å²) in [5.41, 5.74) is 5.76. The quantitative estimate of drug-likeness (QED) is 0.652. The molecule has 0 aromatic heterocycles. The molecule has 0 aliphatic heterocycles. The van der Waals surface area contributed by atoms with Crippen LogP contribution in [0, 0.1) is 24.7 Å². The molecule has 0 heterocycles. The fourth-order valence-corrected chi connectivity index (χ4v) is 2.27. The van der Waals surface area contributed by atoms with Crippen molar-refractivity contribution in [2.24, 2.45) is 0 Å². The molecule has 0 radical (unpaired) electrons. The molecule has 3 aromatic carbocycles. The van der Waals surface area contributed by atoms with Crippen LogP contribution in [0.15, 0.2) is 72.8 Å². The maximum Gasteiger partial charge on any atom is 0.0385 e. The van der Waals surface area contributed by atoms with Crippen molar-refractivity contribution in [1.82, 2.24) is 0 Å². The molecule has 0 fully saturated rings. The van der Waals surface area contributed by atoms with Crippen LogP contribution >= 0.6 is 0 Å². The maximum absolute atomic E-state index is 5.36. The van der Waals surface area contributed by atoms with Gasteiger partial charge in [-0.25, -0.2) is 0 Å². The molecule has 0 aliphatic rings. The molecule has 0 saturated carbocycles. The lowest BCUT2D eigenvalue weighted by Gasteiger charge is -2.10. The van der Waals surface area contributed by atoms with E-state index < -0.39 is 0 Å². The predicted octanol–water partition coefficient (Wildman–Crippen LogP) is 5.14. The van der Waals surface area contributed by atoms with E-state index in [0.29, 0.717) is 0 Å². The molecule has 0 bridgehead atoms. The largest absolute Gasteiger partial charge is 0.356 e. The molecule has 2 nitrogen and oxygen atoms in total. The van der Waals surface area contributed by atoms with Gasteiger partial charge in [-0.05, 0) is 72.8 Å². The summed E-state index contributed by atoms with van der Waals surface area (Å²) in [6.07, 6.45) is 10.7. The third-order valence-electron chi connectivity index (χ3n) is 3.57. The first-order valence-corrected chi connectivity index (χ1v) is 7.54. The SMILES string of the molecule is C#Cc1ccc(Nc2ccc(Nc3ccc(C#C)cc3)cc2)cc1. The lowest BCUT2D eigenvalue weighted by Crippen LogP contribution is -1.93. The van der Waals surface area contributed by atoms with Crippen molar-refractivity contribution in [3.8, 4) is 24.7 Å². The second-order valence-corrected chi connectivity index (χ2v) is 5.27. The van der Waals surface area contributed by atoms with E-state index >= 15 is 0 Å². The number of nitrogens with one attached hydrogen (secondary N) is 2. The van der Waals surface area contributed by atoms with E-state index in [1.165, 1.54) is 0 Å². The van der Waals surface area contributed by atoms with Gasteiger partial charge in [0.2, 0.25) is 0 Å². The Morgan fingerprint density at radius 1 is 0.458 bits per heavy atom. The van der Waals surface area contributed by atoms with Gasteiger partial charge >= 0.3 is 0 Å². The third-order valence-corrected chi connectivity index (χ3v) is 3.57. The Balaban J connectivity index is 1.66. The summed E-state index contributed by atoms with van der Waals surface area (Å²) < 4.78 is 0. The molecule has 0 atom stereocenters. The van der Waals surface area contributed by atoms with Crippen molar-refractivity contribution in [2.75, 3.05) is 10.6 Å². The van der Waals surface area contributed by atoms with Crippen LogP contribution in [0.4, 0.5) is 22.7 Å². The average Bonchev–Trinajstić information content (AvgIpc) is 2.65. The monoisotopic (exact) mass is 308 g/mol. The molecule has 0 unspecified atom stereocenters. The number of benzene rings is 3. The zero-order valence-electron chi connectivity index (χ0n) is 13.1. The van der Waals surface area contributed by atoms with Crippen molar-refractivity contribution in [1.29, 1.82) is 0 Å². The minimum atomic E-state index is 0.871. The molecule has 2 heteroatoms. The Labute approximate surface area is 142 Å². The number of hydrogen-bond acceptors (Lipinski definition) is 2. The Hall–Kier alpha value is -3.62. The molecule has 0 amide bonds. The minimum absolute atomic E-state index is 0.871. The first kappa shape index (κ1) is 15.3. The highest BCUT2D eigenvalue weighted by Crippen LogP contribution is 2.22. The summed E-state index contributed by atoms with van der Waals surface area (Å²) in [4.78, 5) is 0. The number of rotatable bonds is 4. The predicted molar refractivity (Wildman–Crippen MR) is 102 cm³/mol. The molecule has 2 N–H and O–H groups in total. The highest BCUT2D eigenvalue weighted by Gasteiger charge is 1.98. The average molecular weight is 308 g/mol. The summed E-state index contributed by atoms with van der Waals surface area (Å²) in [5.74, 6) is 5.22. The van der Waals surface area contributed by atoms with Gasteiger partial charge in [-0.1, -0.05) is 11.8 Å². The molecule has 114 valence electrons. The zero-order valence-corrected chi connectivity index (χ0v) is 13.1. The third kappa shape index (κ3) is 3.77. The number of terminal acetylenes is 2. The Bertz CT molecular complexity index is 812. The fourth-order valence-electron chi connectivity index (χ4n) is 2.27.